The number of fused-ring (bicyclic) bond motifs is 1. The van der Waals surface area contributed by atoms with Gasteiger partial charge < -0.3 is 15.2 Å². The van der Waals surface area contributed by atoms with Gasteiger partial charge in [0.15, 0.2) is 11.2 Å². The van der Waals surface area contributed by atoms with Crippen molar-refractivity contribution in [3.05, 3.63) is 30.0 Å². The van der Waals surface area contributed by atoms with Crippen LogP contribution in [0, 0.1) is 0 Å². The van der Waals surface area contributed by atoms with Crippen LogP contribution < -0.4 is 15.2 Å². The summed E-state index contributed by atoms with van der Waals surface area (Å²) in [6, 6.07) is 5.05. The smallest absolute Gasteiger partial charge is 0.247 e. The molecule has 24 heavy (non-hydrogen) atoms. The maximum absolute atomic E-state index is 11.0. The van der Waals surface area contributed by atoms with Gasteiger partial charge in [0.1, 0.15) is 12.0 Å². The highest BCUT2D eigenvalue weighted by molar-refractivity contribution is 5.83. The van der Waals surface area contributed by atoms with Crippen molar-refractivity contribution in [3.63, 3.8) is 0 Å². The van der Waals surface area contributed by atoms with Gasteiger partial charge in [-0.05, 0) is 25.1 Å². The van der Waals surface area contributed by atoms with Gasteiger partial charge in [-0.3, -0.25) is 4.79 Å². The Hall–Kier alpha value is -3.29. The fraction of sp³-hybridized carbons (Fsp3) is 0.188. The molecular formula is C16H15N5O3. The highest BCUT2D eigenvalue weighted by Gasteiger charge is 2.14. The van der Waals surface area contributed by atoms with Gasteiger partial charge in [-0.15, -0.1) is 0 Å². The van der Waals surface area contributed by atoms with Crippen molar-refractivity contribution in [2.75, 3.05) is 19.5 Å². The Balaban J connectivity index is 2.22. The molecule has 3 rings (SSSR count). The molecule has 2 heterocycles. The summed E-state index contributed by atoms with van der Waals surface area (Å²) in [4.78, 5) is 28.0. The first-order valence-electron chi connectivity index (χ1n) is 7.23. The normalized spacial score (nSPS) is 10.6. The summed E-state index contributed by atoms with van der Waals surface area (Å²) >= 11 is 0. The molecule has 0 fully saturated rings. The number of carbonyl (C=O) groups is 1. The van der Waals surface area contributed by atoms with Gasteiger partial charge in [-0.25, -0.2) is 9.97 Å². The van der Waals surface area contributed by atoms with E-state index in [2.05, 4.69) is 19.9 Å². The number of rotatable bonds is 5. The van der Waals surface area contributed by atoms with Crippen LogP contribution in [0.25, 0.3) is 22.4 Å². The standard InChI is InChI=1S/C16H15N5O3/c1-3-24-15-13-14(20-16(17)21-15)18-7-11(19-13)10-6-9(8-22)4-5-12(10)23-2/h4-8H,3H2,1-2H3,(H2,17,18,20,21). The minimum absolute atomic E-state index is 0.0635. The molecule has 0 amide bonds. The minimum atomic E-state index is 0.0635. The van der Waals surface area contributed by atoms with E-state index in [-0.39, 0.29) is 11.8 Å². The maximum Gasteiger partial charge on any atom is 0.247 e. The molecule has 0 spiro atoms. The van der Waals surface area contributed by atoms with Crippen LogP contribution in [0.2, 0.25) is 0 Å². The molecule has 0 aliphatic carbocycles. The predicted molar refractivity (Wildman–Crippen MR) is 88.1 cm³/mol. The molecule has 0 unspecified atom stereocenters. The Morgan fingerprint density at radius 2 is 2.08 bits per heavy atom. The van der Waals surface area contributed by atoms with E-state index >= 15 is 0 Å². The zero-order valence-electron chi connectivity index (χ0n) is 13.2. The molecule has 0 radical (unpaired) electrons. The molecule has 8 heteroatoms. The fourth-order valence-corrected chi connectivity index (χ4v) is 2.26. The zero-order chi connectivity index (χ0) is 17.1. The van der Waals surface area contributed by atoms with Gasteiger partial charge in [-0.2, -0.15) is 9.97 Å². The second-order valence-corrected chi connectivity index (χ2v) is 4.82. The van der Waals surface area contributed by atoms with Crippen LogP contribution >= 0.6 is 0 Å². The van der Waals surface area contributed by atoms with Crippen LogP contribution in [0.1, 0.15) is 17.3 Å². The molecule has 0 atom stereocenters. The number of nitrogens with two attached hydrogens (primary N) is 1. The molecule has 0 aliphatic rings. The Labute approximate surface area is 137 Å². The van der Waals surface area contributed by atoms with Gasteiger partial charge in [0.25, 0.3) is 0 Å². The van der Waals surface area contributed by atoms with Crippen LogP contribution in [-0.4, -0.2) is 39.9 Å². The van der Waals surface area contributed by atoms with E-state index in [1.54, 1.807) is 25.3 Å². The Morgan fingerprint density at radius 3 is 2.79 bits per heavy atom. The van der Waals surface area contributed by atoms with Crippen LogP contribution in [-0.2, 0) is 0 Å². The highest BCUT2D eigenvalue weighted by Crippen LogP contribution is 2.31. The average Bonchev–Trinajstić information content (AvgIpc) is 2.61. The third kappa shape index (κ3) is 2.81. The minimum Gasteiger partial charge on any atom is -0.496 e. The molecule has 0 aliphatic heterocycles. The van der Waals surface area contributed by atoms with Crippen molar-refractivity contribution in [2.45, 2.75) is 6.92 Å². The second kappa shape index (κ2) is 6.45. The first kappa shape index (κ1) is 15.6. The Morgan fingerprint density at radius 1 is 1.25 bits per heavy atom. The summed E-state index contributed by atoms with van der Waals surface area (Å²) in [5, 5.41) is 0. The van der Waals surface area contributed by atoms with Gasteiger partial charge >= 0.3 is 0 Å². The van der Waals surface area contributed by atoms with Gasteiger partial charge in [-0.1, -0.05) is 0 Å². The largest absolute Gasteiger partial charge is 0.496 e. The van der Waals surface area contributed by atoms with Crippen LogP contribution in [0.3, 0.4) is 0 Å². The van der Waals surface area contributed by atoms with Crippen molar-refractivity contribution in [1.29, 1.82) is 0 Å². The van der Waals surface area contributed by atoms with E-state index in [9.17, 15) is 4.79 Å². The SMILES string of the molecule is CCOc1nc(N)nc2ncc(-c3cc(C=O)ccc3OC)nc12. The van der Waals surface area contributed by atoms with Crippen LogP contribution in [0.4, 0.5) is 5.95 Å². The molecule has 122 valence electrons. The lowest BCUT2D eigenvalue weighted by Crippen LogP contribution is -2.04. The van der Waals surface area contributed by atoms with Gasteiger partial charge in [0, 0.05) is 11.1 Å². The Bertz CT molecular complexity index is 914. The third-order valence-electron chi connectivity index (χ3n) is 3.31. The number of hydrogen-bond acceptors (Lipinski definition) is 8. The quantitative estimate of drug-likeness (QED) is 0.707. The molecule has 0 bridgehead atoms. The fourth-order valence-electron chi connectivity index (χ4n) is 2.26. The first-order valence-corrected chi connectivity index (χ1v) is 7.23. The molecule has 8 nitrogen and oxygen atoms in total. The molecule has 1 aromatic carbocycles. The van der Waals surface area contributed by atoms with E-state index < -0.39 is 0 Å². The average molecular weight is 325 g/mol. The molecule has 0 saturated carbocycles. The lowest BCUT2D eigenvalue weighted by Gasteiger charge is -2.10. The molecule has 0 saturated heterocycles. The number of aldehydes is 1. The van der Waals surface area contributed by atoms with E-state index in [1.165, 1.54) is 6.20 Å². The summed E-state index contributed by atoms with van der Waals surface area (Å²) in [6.45, 7) is 2.24. The monoisotopic (exact) mass is 325 g/mol. The number of hydrogen-bond donors (Lipinski definition) is 1. The van der Waals surface area contributed by atoms with E-state index in [0.29, 0.717) is 40.3 Å². The summed E-state index contributed by atoms with van der Waals surface area (Å²) in [5.41, 5.74) is 8.04. The topological polar surface area (TPSA) is 113 Å². The number of nitrogens with zero attached hydrogens (tertiary/aromatic N) is 4. The predicted octanol–water partition coefficient (Wildman–Crippen LogP) is 1.89. The lowest BCUT2D eigenvalue weighted by molar-refractivity contribution is 0.112. The second-order valence-electron chi connectivity index (χ2n) is 4.82. The number of carbonyl (C=O) groups excluding carboxylic acids is 1. The van der Waals surface area contributed by atoms with Crippen LogP contribution in [0.15, 0.2) is 24.4 Å². The van der Waals surface area contributed by atoms with Crippen molar-refractivity contribution in [1.82, 2.24) is 19.9 Å². The third-order valence-corrected chi connectivity index (χ3v) is 3.31. The molecule has 2 N–H and O–H groups in total. The number of benzene rings is 1. The number of ether oxygens (including phenoxy) is 2. The number of aromatic nitrogens is 4. The van der Waals surface area contributed by atoms with Crippen molar-refractivity contribution >= 4 is 23.4 Å². The Kier molecular flexibility index (Phi) is 4.19. The van der Waals surface area contributed by atoms with Crippen molar-refractivity contribution < 1.29 is 14.3 Å². The summed E-state index contributed by atoms with van der Waals surface area (Å²) in [7, 11) is 1.54. The van der Waals surface area contributed by atoms with Crippen molar-refractivity contribution in [3.8, 4) is 22.9 Å². The molecular weight excluding hydrogens is 310 g/mol. The number of nitrogen functional groups attached to an aromatic ring is 1. The maximum atomic E-state index is 11.0. The van der Waals surface area contributed by atoms with Crippen LogP contribution in [0.5, 0.6) is 11.6 Å². The van der Waals surface area contributed by atoms with Gasteiger partial charge in [0.05, 0.1) is 25.6 Å². The highest BCUT2D eigenvalue weighted by atomic mass is 16.5. The van der Waals surface area contributed by atoms with Gasteiger partial charge in [0.2, 0.25) is 11.8 Å². The first-order chi connectivity index (χ1) is 11.7. The summed E-state index contributed by atoms with van der Waals surface area (Å²) in [5.74, 6) is 0.900. The number of methoxy groups -OCH3 is 1. The zero-order valence-corrected chi connectivity index (χ0v) is 13.2. The summed E-state index contributed by atoms with van der Waals surface area (Å²) < 4.78 is 10.8. The molecule has 2 aromatic heterocycles. The van der Waals surface area contributed by atoms with E-state index in [4.69, 9.17) is 15.2 Å². The summed E-state index contributed by atoms with van der Waals surface area (Å²) in [6.07, 6.45) is 2.30. The number of anilines is 1. The molecule has 3 aromatic rings. The van der Waals surface area contributed by atoms with E-state index in [0.717, 1.165) is 6.29 Å². The lowest BCUT2D eigenvalue weighted by atomic mass is 10.1. The van der Waals surface area contributed by atoms with Crippen molar-refractivity contribution in [2.24, 2.45) is 0 Å². The van der Waals surface area contributed by atoms with E-state index in [1.807, 2.05) is 6.92 Å².